The Morgan fingerprint density at radius 1 is 1.27 bits per heavy atom. The Hall–Kier alpha value is -2.98. The second-order valence-electron chi connectivity index (χ2n) is 7.64. The molecule has 1 saturated heterocycles. The number of carbonyl (C=O) groups excluding carboxylic acids is 1. The van der Waals surface area contributed by atoms with E-state index in [-0.39, 0.29) is 5.91 Å². The first-order chi connectivity index (χ1) is 14.6. The molecule has 5 rings (SSSR count). The Labute approximate surface area is 177 Å². The summed E-state index contributed by atoms with van der Waals surface area (Å²) < 4.78 is 1.05. The number of thiophene rings is 1. The number of fused-ring (bicyclic) bond motifs is 3. The maximum absolute atomic E-state index is 11.5. The van der Waals surface area contributed by atoms with E-state index in [9.17, 15) is 4.79 Å². The summed E-state index contributed by atoms with van der Waals surface area (Å²) in [6.45, 7) is 6.13. The third kappa shape index (κ3) is 3.52. The van der Waals surface area contributed by atoms with Gasteiger partial charge < -0.3 is 15.6 Å². The fourth-order valence-electron chi connectivity index (χ4n) is 4.00. The van der Waals surface area contributed by atoms with Gasteiger partial charge in [0.1, 0.15) is 17.0 Å². The first-order valence-electron chi connectivity index (χ1n) is 10.1. The van der Waals surface area contributed by atoms with E-state index in [1.54, 1.807) is 18.3 Å². The number of nitrogens with zero attached hydrogens (tertiary/aromatic N) is 5. The molecule has 0 aliphatic carbocycles. The number of aromatic amines is 2. The second-order valence-corrected chi connectivity index (χ2v) is 8.69. The van der Waals surface area contributed by atoms with Gasteiger partial charge in [-0.1, -0.05) is 0 Å². The quantitative estimate of drug-likeness (QED) is 0.452. The fourth-order valence-corrected chi connectivity index (χ4v) is 5.06. The van der Waals surface area contributed by atoms with Crippen molar-refractivity contribution in [2.75, 3.05) is 38.5 Å². The maximum atomic E-state index is 11.5. The van der Waals surface area contributed by atoms with Crippen molar-refractivity contribution in [3.8, 4) is 10.6 Å². The molecule has 0 unspecified atom stereocenters. The lowest BCUT2D eigenvalue weighted by atomic mass is 10.2. The number of nitrogens with one attached hydrogen (secondary N) is 2. The van der Waals surface area contributed by atoms with Crippen LogP contribution in [0, 0.1) is 0 Å². The van der Waals surface area contributed by atoms with E-state index in [1.807, 2.05) is 23.2 Å². The molecule has 1 fully saturated rings. The molecule has 4 N–H and O–H groups in total. The Balaban J connectivity index is 1.30. The zero-order chi connectivity index (χ0) is 20.7. The highest BCUT2D eigenvalue weighted by molar-refractivity contribution is 7.23. The van der Waals surface area contributed by atoms with Crippen LogP contribution in [0.15, 0.2) is 18.3 Å². The number of carbonyl (C=O) groups is 1. The summed E-state index contributed by atoms with van der Waals surface area (Å²) in [5.41, 5.74) is 9.65. The average Bonchev–Trinajstić information content (AvgIpc) is 3.47. The highest BCUT2D eigenvalue weighted by Gasteiger charge is 2.19. The van der Waals surface area contributed by atoms with E-state index >= 15 is 0 Å². The molecule has 0 spiro atoms. The van der Waals surface area contributed by atoms with Crippen molar-refractivity contribution in [1.82, 2.24) is 34.9 Å². The summed E-state index contributed by atoms with van der Waals surface area (Å²) in [6.07, 6.45) is 3.66. The molecule has 1 aliphatic heterocycles. The molecule has 0 aromatic carbocycles. The van der Waals surface area contributed by atoms with Crippen LogP contribution in [0.2, 0.25) is 0 Å². The van der Waals surface area contributed by atoms with Crippen molar-refractivity contribution in [3.63, 3.8) is 0 Å². The molecule has 4 aromatic heterocycles. The number of rotatable bonds is 5. The van der Waals surface area contributed by atoms with Crippen molar-refractivity contribution >= 4 is 44.3 Å². The van der Waals surface area contributed by atoms with Gasteiger partial charge in [-0.25, -0.2) is 9.97 Å². The smallest absolute Gasteiger partial charge is 0.219 e. The zero-order valence-electron chi connectivity index (χ0n) is 16.8. The van der Waals surface area contributed by atoms with Gasteiger partial charge in [0.15, 0.2) is 5.82 Å². The topological polar surface area (TPSA) is 120 Å². The number of piperazine rings is 1. The van der Waals surface area contributed by atoms with E-state index < -0.39 is 0 Å². The van der Waals surface area contributed by atoms with Gasteiger partial charge in [-0.3, -0.25) is 14.8 Å². The number of nitrogens with two attached hydrogens (primary N) is 1. The molecule has 0 radical (unpaired) electrons. The largest absolute Gasteiger partial charge is 0.382 e. The Morgan fingerprint density at radius 2 is 2.10 bits per heavy atom. The third-order valence-electron chi connectivity index (χ3n) is 5.63. The van der Waals surface area contributed by atoms with Gasteiger partial charge >= 0.3 is 0 Å². The minimum atomic E-state index is 0.165. The van der Waals surface area contributed by atoms with Crippen molar-refractivity contribution < 1.29 is 4.79 Å². The normalized spacial score (nSPS) is 15.4. The standard InChI is InChI=1S/C20H24N8OS/c1-12(29)28-9-7-27(8-10-28)6-2-3-16-24-17-18(25-16)20(21)23-14-11-15(30-19(14)17)13-4-5-22-26-13/h4-5,11H,2-3,6-10H2,1H3,(H2,21,23)(H,22,26)(H,24,25). The molecule has 0 bridgehead atoms. The summed E-state index contributed by atoms with van der Waals surface area (Å²) in [6, 6.07) is 3.97. The van der Waals surface area contributed by atoms with Gasteiger partial charge in [-0.05, 0) is 25.1 Å². The molecule has 156 valence electrons. The van der Waals surface area contributed by atoms with E-state index in [4.69, 9.17) is 10.7 Å². The summed E-state index contributed by atoms with van der Waals surface area (Å²) in [7, 11) is 0. The number of hydrogen-bond donors (Lipinski definition) is 3. The molecule has 30 heavy (non-hydrogen) atoms. The summed E-state index contributed by atoms with van der Waals surface area (Å²) in [5.74, 6) is 1.55. The van der Waals surface area contributed by atoms with Gasteiger partial charge in [-0.15, -0.1) is 11.3 Å². The highest BCUT2D eigenvalue weighted by Crippen LogP contribution is 2.36. The SMILES string of the molecule is CC(=O)N1CCN(CCCc2nc3c(N)nc4cc(-c5cc[nH]n5)sc4c3[nH]2)CC1. The van der Waals surface area contributed by atoms with Crippen LogP contribution < -0.4 is 5.73 Å². The lowest BCUT2D eigenvalue weighted by Gasteiger charge is -2.34. The molecule has 4 aromatic rings. The number of hydrogen-bond acceptors (Lipinski definition) is 7. The van der Waals surface area contributed by atoms with Crippen LogP contribution in [0.5, 0.6) is 0 Å². The van der Waals surface area contributed by atoms with Gasteiger partial charge in [0.25, 0.3) is 0 Å². The summed E-state index contributed by atoms with van der Waals surface area (Å²) in [5, 5.41) is 7.11. The van der Waals surface area contributed by atoms with Crippen LogP contribution in [0.25, 0.3) is 31.8 Å². The van der Waals surface area contributed by atoms with E-state index in [0.717, 1.165) is 83.2 Å². The Bertz CT molecular complexity index is 1190. The van der Waals surface area contributed by atoms with Gasteiger partial charge in [-0.2, -0.15) is 5.10 Å². The minimum absolute atomic E-state index is 0.165. The minimum Gasteiger partial charge on any atom is -0.382 e. The van der Waals surface area contributed by atoms with Crippen molar-refractivity contribution in [2.24, 2.45) is 0 Å². The monoisotopic (exact) mass is 424 g/mol. The molecule has 10 heteroatoms. The Morgan fingerprint density at radius 3 is 2.83 bits per heavy atom. The number of pyridine rings is 1. The van der Waals surface area contributed by atoms with Gasteiger partial charge in [0.05, 0.1) is 20.6 Å². The van der Waals surface area contributed by atoms with E-state index in [0.29, 0.717) is 5.82 Å². The predicted molar refractivity (Wildman–Crippen MR) is 118 cm³/mol. The maximum Gasteiger partial charge on any atom is 0.219 e. The summed E-state index contributed by atoms with van der Waals surface area (Å²) >= 11 is 1.64. The van der Waals surface area contributed by atoms with E-state index in [1.165, 1.54) is 0 Å². The first-order valence-corrected chi connectivity index (χ1v) is 11.0. The number of imidazole rings is 1. The van der Waals surface area contributed by atoms with Crippen molar-refractivity contribution in [3.05, 3.63) is 24.2 Å². The highest BCUT2D eigenvalue weighted by atomic mass is 32.1. The van der Waals surface area contributed by atoms with Crippen LogP contribution in [0.1, 0.15) is 19.2 Å². The molecule has 1 aliphatic rings. The molecular weight excluding hydrogens is 400 g/mol. The molecule has 5 heterocycles. The lowest BCUT2D eigenvalue weighted by Crippen LogP contribution is -2.48. The average molecular weight is 425 g/mol. The molecule has 9 nitrogen and oxygen atoms in total. The zero-order valence-corrected chi connectivity index (χ0v) is 17.6. The van der Waals surface area contributed by atoms with Crippen LogP contribution in [-0.2, 0) is 11.2 Å². The van der Waals surface area contributed by atoms with Crippen LogP contribution in [-0.4, -0.2) is 73.6 Å². The number of amides is 1. The lowest BCUT2D eigenvalue weighted by molar-refractivity contribution is -0.130. The van der Waals surface area contributed by atoms with Crippen molar-refractivity contribution in [1.29, 1.82) is 0 Å². The van der Waals surface area contributed by atoms with Crippen LogP contribution in [0.4, 0.5) is 5.82 Å². The van der Waals surface area contributed by atoms with Crippen LogP contribution >= 0.6 is 11.3 Å². The van der Waals surface area contributed by atoms with Crippen molar-refractivity contribution in [2.45, 2.75) is 19.8 Å². The molecular formula is C20H24N8OS. The Kier molecular flexibility index (Phi) is 4.87. The number of nitrogen functional groups attached to an aromatic ring is 1. The van der Waals surface area contributed by atoms with E-state index in [2.05, 4.69) is 25.1 Å². The molecule has 0 saturated carbocycles. The third-order valence-corrected chi connectivity index (χ3v) is 6.80. The van der Waals surface area contributed by atoms with Gasteiger partial charge in [0.2, 0.25) is 5.91 Å². The predicted octanol–water partition coefficient (Wildman–Crippen LogP) is 2.24. The second kappa shape index (κ2) is 7.69. The number of aromatic nitrogens is 5. The molecule has 1 amide bonds. The van der Waals surface area contributed by atoms with Crippen LogP contribution in [0.3, 0.4) is 0 Å². The number of H-pyrrole nitrogens is 2. The number of aryl methyl sites for hydroxylation is 1. The molecule has 0 atom stereocenters. The fraction of sp³-hybridized carbons (Fsp3) is 0.400. The first kappa shape index (κ1) is 19.0. The summed E-state index contributed by atoms with van der Waals surface area (Å²) in [4.78, 5) is 29.6. The number of anilines is 1. The van der Waals surface area contributed by atoms with Gasteiger partial charge in [0, 0.05) is 45.7 Å².